The highest BCUT2D eigenvalue weighted by molar-refractivity contribution is 6.03. The molecule has 0 radical (unpaired) electrons. The molecule has 1 amide bonds. The van der Waals surface area contributed by atoms with Crippen molar-refractivity contribution in [1.82, 2.24) is 24.8 Å². The van der Waals surface area contributed by atoms with E-state index in [0.29, 0.717) is 11.7 Å². The quantitative estimate of drug-likeness (QED) is 0.802. The molecule has 0 spiro atoms. The zero-order valence-electron chi connectivity index (χ0n) is 12.7. The topological polar surface area (TPSA) is 77.6 Å². The predicted octanol–water partition coefficient (Wildman–Crippen LogP) is 2.27. The number of carbonyl (C=O) groups is 1. The van der Waals surface area contributed by atoms with Crippen molar-refractivity contribution < 1.29 is 4.79 Å². The molecule has 1 fully saturated rings. The number of hydrogen-bond donors (Lipinski definition) is 1. The van der Waals surface area contributed by atoms with E-state index in [2.05, 4.69) is 20.8 Å². The Bertz CT molecular complexity index is 861. The van der Waals surface area contributed by atoms with Crippen molar-refractivity contribution in [3.05, 3.63) is 48.3 Å². The molecule has 0 saturated heterocycles. The van der Waals surface area contributed by atoms with Crippen LogP contribution in [0.15, 0.2) is 42.6 Å². The highest BCUT2D eigenvalue weighted by Crippen LogP contribution is 2.36. The lowest BCUT2D eigenvalue weighted by Crippen LogP contribution is -2.15. The van der Waals surface area contributed by atoms with Crippen molar-refractivity contribution in [2.75, 3.05) is 5.32 Å². The Morgan fingerprint density at radius 3 is 2.87 bits per heavy atom. The summed E-state index contributed by atoms with van der Waals surface area (Å²) >= 11 is 0. The minimum absolute atomic E-state index is 0.142. The van der Waals surface area contributed by atoms with Crippen molar-refractivity contribution in [3.63, 3.8) is 0 Å². The van der Waals surface area contributed by atoms with Crippen molar-refractivity contribution >= 4 is 11.6 Å². The molecule has 1 aromatic carbocycles. The molecule has 116 valence electrons. The zero-order chi connectivity index (χ0) is 15.8. The number of tetrazole rings is 1. The third-order valence-corrected chi connectivity index (χ3v) is 3.94. The molecule has 0 aliphatic heterocycles. The second kappa shape index (κ2) is 5.35. The van der Waals surface area contributed by atoms with Gasteiger partial charge in [-0.2, -0.15) is 0 Å². The summed E-state index contributed by atoms with van der Waals surface area (Å²) in [6, 6.07) is 11.6. The van der Waals surface area contributed by atoms with E-state index in [0.717, 1.165) is 29.9 Å². The third kappa shape index (κ3) is 2.61. The second-order valence-electron chi connectivity index (χ2n) is 5.72. The highest BCUT2D eigenvalue weighted by atomic mass is 16.1. The molecule has 2 aromatic heterocycles. The summed E-state index contributed by atoms with van der Waals surface area (Å²) in [4.78, 5) is 12.3. The van der Waals surface area contributed by atoms with Gasteiger partial charge in [-0.25, -0.2) is 4.68 Å². The fraction of sp³-hybridized carbons (Fsp3) is 0.250. The highest BCUT2D eigenvalue weighted by Gasteiger charge is 2.28. The maximum absolute atomic E-state index is 12.3. The SMILES string of the molecule is Cn1cccc1C(=O)Nc1cccc(-c2nnnn2C2CC2)c1. The Balaban J connectivity index is 1.60. The first-order valence-electron chi connectivity index (χ1n) is 7.53. The zero-order valence-corrected chi connectivity index (χ0v) is 12.7. The molecular weight excluding hydrogens is 292 g/mol. The van der Waals surface area contributed by atoms with Gasteiger partial charge in [0.2, 0.25) is 0 Å². The van der Waals surface area contributed by atoms with Gasteiger partial charge in [-0.15, -0.1) is 5.10 Å². The molecular formula is C16H16N6O. The van der Waals surface area contributed by atoms with E-state index < -0.39 is 0 Å². The molecule has 0 atom stereocenters. The number of benzene rings is 1. The van der Waals surface area contributed by atoms with Crippen molar-refractivity contribution in [2.24, 2.45) is 7.05 Å². The average Bonchev–Trinajstić information content (AvgIpc) is 3.11. The first-order chi connectivity index (χ1) is 11.2. The van der Waals surface area contributed by atoms with E-state index in [1.165, 1.54) is 0 Å². The predicted molar refractivity (Wildman–Crippen MR) is 84.9 cm³/mol. The minimum Gasteiger partial charge on any atom is -0.347 e. The van der Waals surface area contributed by atoms with Gasteiger partial charge in [0.1, 0.15) is 5.69 Å². The fourth-order valence-corrected chi connectivity index (χ4v) is 2.58. The van der Waals surface area contributed by atoms with Gasteiger partial charge < -0.3 is 9.88 Å². The Morgan fingerprint density at radius 1 is 1.26 bits per heavy atom. The lowest BCUT2D eigenvalue weighted by molar-refractivity contribution is 0.101. The summed E-state index contributed by atoms with van der Waals surface area (Å²) < 4.78 is 3.64. The van der Waals surface area contributed by atoms with Gasteiger partial charge >= 0.3 is 0 Å². The monoisotopic (exact) mass is 308 g/mol. The number of nitrogens with one attached hydrogen (secondary N) is 1. The van der Waals surface area contributed by atoms with Gasteiger partial charge in [0, 0.05) is 24.5 Å². The molecule has 2 heterocycles. The van der Waals surface area contributed by atoms with Crippen LogP contribution in [0.5, 0.6) is 0 Å². The number of aromatic nitrogens is 5. The molecule has 1 aliphatic rings. The number of hydrogen-bond acceptors (Lipinski definition) is 4. The number of nitrogens with zero attached hydrogens (tertiary/aromatic N) is 5. The van der Waals surface area contributed by atoms with E-state index in [1.54, 1.807) is 10.6 Å². The van der Waals surface area contributed by atoms with Crippen LogP contribution in [-0.4, -0.2) is 30.7 Å². The molecule has 1 N–H and O–H groups in total. The van der Waals surface area contributed by atoms with Crippen LogP contribution in [0.3, 0.4) is 0 Å². The molecule has 3 aromatic rings. The van der Waals surface area contributed by atoms with E-state index in [-0.39, 0.29) is 5.91 Å². The maximum atomic E-state index is 12.3. The smallest absolute Gasteiger partial charge is 0.272 e. The van der Waals surface area contributed by atoms with Gasteiger partial charge in [-0.3, -0.25) is 4.79 Å². The summed E-state index contributed by atoms with van der Waals surface area (Å²) in [5.74, 6) is 0.596. The molecule has 0 unspecified atom stereocenters. The fourth-order valence-electron chi connectivity index (χ4n) is 2.58. The molecule has 0 bridgehead atoms. The second-order valence-corrected chi connectivity index (χ2v) is 5.72. The van der Waals surface area contributed by atoms with Crippen LogP contribution in [0.2, 0.25) is 0 Å². The molecule has 1 saturated carbocycles. The maximum Gasteiger partial charge on any atom is 0.272 e. The van der Waals surface area contributed by atoms with Crippen molar-refractivity contribution in [2.45, 2.75) is 18.9 Å². The van der Waals surface area contributed by atoms with E-state index >= 15 is 0 Å². The van der Waals surface area contributed by atoms with Crippen molar-refractivity contribution in [3.8, 4) is 11.4 Å². The standard InChI is InChI=1S/C16H16N6O/c1-21-9-3-6-14(21)16(23)17-12-5-2-4-11(10-12)15-18-19-20-22(15)13-7-8-13/h2-6,9-10,13H,7-8H2,1H3,(H,17,23). The molecule has 4 rings (SSSR count). The van der Waals surface area contributed by atoms with Crippen LogP contribution in [-0.2, 0) is 7.05 Å². The van der Waals surface area contributed by atoms with E-state index in [1.807, 2.05) is 48.3 Å². The van der Waals surface area contributed by atoms with Gasteiger partial charge in [0.05, 0.1) is 6.04 Å². The minimum atomic E-state index is -0.142. The van der Waals surface area contributed by atoms with Gasteiger partial charge in [-0.1, -0.05) is 12.1 Å². The van der Waals surface area contributed by atoms with Gasteiger partial charge in [0.25, 0.3) is 5.91 Å². The number of anilines is 1. The van der Waals surface area contributed by atoms with Crippen LogP contribution >= 0.6 is 0 Å². The average molecular weight is 308 g/mol. The van der Waals surface area contributed by atoms with E-state index in [9.17, 15) is 4.79 Å². The van der Waals surface area contributed by atoms with Gasteiger partial charge in [-0.05, 0) is 47.5 Å². The van der Waals surface area contributed by atoms with Crippen LogP contribution < -0.4 is 5.32 Å². The van der Waals surface area contributed by atoms with Crippen LogP contribution in [0, 0.1) is 0 Å². The normalized spacial score (nSPS) is 14.0. The van der Waals surface area contributed by atoms with E-state index in [4.69, 9.17) is 0 Å². The first-order valence-corrected chi connectivity index (χ1v) is 7.53. The number of carbonyl (C=O) groups excluding carboxylic acids is 1. The third-order valence-electron chi connectivity index (χ3n) is 3.94. The molecule has 1 aliphatic carbocycles. The van der Waals surface area contributed by atoms with Crippen molar-refractivity contribution in [1.29, 1.82) is 0 Å². The Hall–Kier alpha value is -2.96. The van der Waals surface area contributed by atoms with Crippen LogP contribution in [0.4, 0.5) is 5.69 Å². The summed E-state index contributed by atoms with van der Waals surface area (Å²) in [6.45, 7) is 0. The summed E-state index contributed by atoms with van der Waals surface area (Å²) in [5, 5.41) is 14.9. The molecule has 7 heteroatoms. The number of aryl methyl sites for hydroxylation is 1. The molecule has 23 heavy (non-hydrogen) atoms. The summed E-state index contributed by atoms with van der Waals surface area (Å²) in [7, 11) is 1.84. The largest absolute Gasteiger partial charge is 0.347 e. The van der Waals surface area contributed by atoms with Crippen LogP contribution in [0.1, 0.15) is 29.4 Å². The Morgan fingerprint density at radius 2 is 2.13 bits per heavy atom. The lowest BCUT2D eigenvalue weighted by Gasteiger charge is -2.08. The number of amides is 1. The number of rotatable bonds is 4. The van der Waals surface area contributed by atoms with Gasteiger partial charge in [0.15, 0.2) is 5.82 Å². The Kier molecular flexibility index (Phi) is 3.18. The summed E-state index contributed by atoms with van der Waals surface area (Å²) in [6.07, 6.45) is 4.07. The first kappa shape index (κ1) is 13.7. The Labute approximate surface area is 132 Å². The summed E-state index contributed by atoms with van der Waals surface area (Å²) in [5.41, 5.74) is 2.23. The lowest BCUT2D eigenvalue weighted by atomic mass is 10.2. The van der Waals surface area contributed by atoms with Crippen LogP contribution in [0.25, 0.3) is 11.4 Å². The molecule has 7 nitrogen and oxygen atoms in total.